The predicted molar refractivity (Wildman–Crippen MR) is 75.4 cm³/mol. The van der Waals surface area contributed by atoms with Crippen LogP contribution in [0.5, 0.6) is 0 Å². The molecule has 17 heavy (non-hydrogen) atoms. The number of nitrogens with two attached hydrogens (primary N) is 1. The van der Waals surface area contributed by atoms with Crippen LogP contribution in [0.15, 0.2) is 24.3 Å². The summed E-state index contributed by atoms with van der Waals surface area (Å²) in [6.45, 7) is 9.60. The van der Waals surface area contributed by atoms with Gasteiger partial charge in [-0.1, -0.05) is 43.7 Å². The lowest BCUT2D eigenvalue weighted by atomic mass is 9.84. The second kappa shape index (κ2) is 6.77. The fourth-order valence-electron chi connectivity index (χ4n) is 1.96. The average Bonchev–Trinajstić information content (AvgIpc) is 2.29. The summed E-state index contributed by atoms with van der Waals surface area (Å²) in [7, 11) is 0. The first-order valence-electron chi connectivity index (χ1n) is 6.54. The van der Waals surface area contributed by atoms with Gasteiger partial charge in [0.25, 0.3) is 0 Å². The smallest absolute Gasteiger partial charge is 0.00431 e. The van der Waals surface area contributed by atoms with Gasteiger partial charge in [-0.2, -0.15) is 0 Å². The third kappa shape index (κ3) is 4.88. The van der Waals surface area contributed by atoms with Crippen molar-refractivity contribution in [1.29, 1.82) is 0 Å². The highest BCUT2D eigenvalue weighted by atomic mass is 14.9. The molecule has 0 radical (unpaired) electrons. The molecule has 0 saturated carbocycles. The fourth-order valence-corrected chi connectivity index (χ4v) is 1.96. The molecular formula is C15H26N2. The molecular weight excluding hydrogens is 208 g/mol. The predicted octanol–water partition coefficient (Wildman–Crippen LogP) is 2.60. The quantitative estimate of drug-likeness (QED) is 0.712. The van der Waals surface area contributed by atoms with E-state index in [1.165, 1.54) is 17.5 Å². The summed E-state index contributed by atoms with van der Waals surface area (Å²) in [5.41, 5.74) is 8.40. The Morgan fingerprint density at radius 3 is 2.65 bits per heavy atom. The van der Waals surface area contributed by atoms with Crippen LogP contribution in [0, 0.1) is 6.92 Å². The molecule has 2 nitrogen and oxygen atoms in total. The zero-order chi connectivity index (χ0) is 12.7. The first-order valence-corrected chi connectivity index (χ1v) is 6.54. The molecule has 0 aliphatic rings. The van der Waals surface area contributed by atoms with Gasteiger partial charge in [-0.15, -0.1) is 0 Å². The van der Waals surface area contributed by atoms with Crippen LogP contribution < -0.4 is 11.1 Å². The zero-order valence-corrected chi connectivity index (χ0v) is 11.4. The van der Waals surface area contributed by atoms with Crippen molar-refractivity contribution in [2.24, 2.45) is 5.73 Å². The molecule has 0 aromatic heterocycles. The van der Waals surface area contributed by atoms with Crippen molar-refractivity contribution in [2.75, 3.05) is 19.6 Å². The van der Waals surface area contributed by atoms with Crippen molar-refractivity contribution >= 4 is 0 Å². The highest BCUT2D eigenvalue weighted by Gasteiger charge is 2.19. The van der Waals surface area contributed by atoms with E-state index in [1.807, 2.05) is 0 Å². The molecule has 2 heteroatoms. The van der Waals surface area contributed by atoms with Crippen molar-refractivity contribution in [3.63, 3.8) is 0 Å². The Morgan fingerprint density at radius 2 is 2.00 bits per heavy atom. The minimum atomic E-state index is 0.189. The topological polar surface area (TPSA) is 38.0 Å². The lowest BCUT2D eigenvalue weighted by Gasteiger charge is -2.26. The van der Waals surface area contributed by atoms with Crippen LogP contribution in [0.3, 0.4) is 0 Å². The minimum absolute atomic E-state index is 0.189. The molecule has 1 aromatic rings. The molecule has 0 aliphatic carbocycles. The molecule has 0 atom stereocenters. The van der Waals surface area contributed by atoms with Crippen molar-refractivity contribution < 1.29 is 0 Å². The molecule has 0 unspecified atom stereocenters. The van der Waals surface area contributed by atoms with E-state index < -0.39 is 0 Å². The summed E-state index contributed by atoms with van der Waals surface area (Å²) in [6, 6.07) is 8.78. The first-order chi connectivity index (χ1) is 8.06. The van der Waals surface area contributed by atoms with Gasteiger partial charge in [0.2, 0.25) is 0 Å². The van der Waals surface area contributed by atoms with Gasteiger partial charge >= 0.3 is 0 Å². The van der Waals surface area contributed by atoms with Crippen LogP contribution in [0.25, 0.3) is 0 Å². The number of hydrogen-bond donors (Lipinski definition) is 2. The standard InChI is InChI=1S/C15H26N2/c1-13-7-6-8-14(11-13)15(2,3)12-17-10-5-4-9-16/h6-8,11,17H,4-5,9-10,12,16H2,1-3H3. The van der Waals surface area contributed by atoms with Gasteiger partial charge in [0.1, 0.15) is 0 Å². The third-order valence-electron chi connectivity index (χ3n) is 3.17. The van der Waals surface area contributed by atoms with E-state index in [1.54, 1.807) is 0 Å². The van der Waals surface area contributed by atoms with Crippen LogP contribution in [-0.2, 0) is 5.41 Å². The number of rotatable bonds is 7. The maximum atomic E-state index is 5.48. The van der Waals surface area contributed by atoms with E-state index in [2.05, 4.69) is 50.4 Å². The summed E-state index contributed by atoms with van der Waals surface area (Å²) < 4.78 is 0. The van der Waals surface area contributed by atoms with Gasteiger partial charge in [-0.25, -0.2) is 0 Å². The summed E-state index contributed by atoms with van der Waals surface area (Å²) in [5, 5.41) is 3.52. The number of hydrogen-bond acceptors (Lipinski definition) is 2. The molecule has 0 bridgehead atoms. The Kier molecular flexibility index (Phi) is 5.66. The van der Waals surface area contributed by atoms with Gasteiger partial charge in [0.15, 0.2) is 0 Å². The van der Waals surface area contributed by atoms with E-state index in [9.17, 15) is 0 Å². The second-order valence-corrected chi connectivity index (χ2v) is 5.43. The maximum Gasteiger partial charge on any atom is 0.00431 e. The van der Waals surface area contributed by atoms with Crippen LogP contribution in [-0.4, -0.2) is 19.6 Å². The van der Waals surface area contributed by atoms with E-state index in [4.69, 9.17) is 5.73 Å². The van der Waals surface area contributed by atoms with Gasteiger partial charge in [0, 0.05) is 12.0 Å². The van der Waals surface area contributed by atoms with E-state index in [0.29, 0.717) is 0 Å². The largest absolute Gasteiger partial charge is 0.330 e. The molecule has 3 N–H and O–H groups in total. The van der Waals surface area contributed by atoms with E-state index in [-0.39, 0.29) is 5.41 Å². The lowest BCUT2D eigenvalue weighted by Crippen LogP contribution is -2.33. The first kappa shape index (κ1) is 14.2. The van der Waals surface area contributed by atoms with Crippen LogP contribution in [0.1, 0.15) is 37.8 Å². The molecule has 1 rings (SSSR count). The van der Waals surface area contributed by atoms with Gasteiger partial charge in [0.05, 0.1) is 0 Å². The number of unbranched alkanes of at least 4 members (excludes halogenated alkanes) is 1. The van der Waals surface area contributed by atoms with Crippen molar-refractivity contribution in [2.45, 2.75) is 39.0 Å². The molecule has 0 spiro atoms. The lowest BCUT2D eigenvalue weighted by molar-refractivity contribution is 0.464. The van der Waals surface area contributed by atoms with Crippen LogP contribution in [0.4, 0.5) is 0 Å². The summed E-state index contributed by atoms with van der Waals surface area (Å²) >= 11 is 0. The Labute approximate surface area is 106 Å². The molecule has 0 amide bonds. The highest BCUT2D eigenvalue weighted by molar-refractivity contribution is 5.28. The molecule has 0 heterocycles. The van der Waals surface area contributed by atoms with Gasteiger partial charge < -0.3 is 11.1 Å². The molecule has 0 aliphatic heterocycles. The van der Waals surface area contributed by atoms with Crippen molar-refractivity contribution in [1.82, 2.24) is 5.32 Å². The maximum absolute atomic E-state index is 5.48. The second-order valence-electron chi connectivity index (χ2n) is 5.43. The van der Waals surface area contributed by atoms with Gasteiger partial charge in [-0.05, 0) is 38.4 Å². The van der Waals surface area contributed by atoms with Crippen LogP contribution >= 0.6 is 0 Å². The molecule has 0 saturated heterocycles. The normalized spacial score (nSPS) is 11.8. The summed E-state index contributed by atoms with van der Waals surface area (Å²) in [5.74, 6) is 0. The summed E-state index contributed by atoms with van der Waals surface area (Å²) in [6.07, 6.45) is 2.28. The Morgan fingerprint density at radius 1 is 1.24 bits per heavy atom. The molecule has 96 valence electrons. The SMILES string of the molecule is Cc1cccc(C(C)(C)CNCCCCN)c1. The van der Waals surface area contributed by atoms with Crippen LogP contribution in [0.2, 0.25) is 0 Å². The average molecular weight is 234 g/mol. The number of nitrogens with one attached hydrogen (secondary N) is 1. The Hall–Kier alpha value is -0.860. The number of benzene rings is 1. The van der Waals surface area contributed by atoms with E-state index >= 15 is 0 Å². The Bertz CT molecular complexity index is 331. The minimum Gasteiger partial charge on any atom is -0.330 e. The highest BCUT2D eigenvalue weighted by Crippen LogP contribution is 2.22. The number of aryl methyl sites for hydroxylation is 1. The van der Waals surface area contributed by atoms with E-state index in [0.717, 1.165) is 26.1 Å². The Balaban J connectivity index is 2.45. The summed E-state index contributed by atoms with van der Waals surface area (Å²) in [4.78, 5) is 0. The van der Waals surface area contributed by atoms with Crippen molar-refractivity contribution in [3.8, 4) is 0 Å². The monoisotopic (exact) mass is 234 g/mol. The molecule has 1 aromatic carbocycles. The zero-order valence-electron chi connectivity index (χ0n) is 11.4. The van der Waals surface area contributed by atoms with Crippen molar-refractivity contribution in [3.05, 3.63) is 35.4 Å². The fraction of sp³-hybridized carbons (Fsp3) is 0.600. The van der Waals surface area contributed by atoms with Gasteiger partial charge in [-0.3, -0.25) is 0 Å². The third-order valence-corrected chi connectivity index (χ3v) is 3.17. The molecule has 0 fully saturated rings.